The second-order valence-corrected chi connectivity index (χ2v) is 4.36. The standard InChI is InChI=1S/C7H5ClN2O4S.ClH/c1-14-5-2-4(8)3-6(7(5)10-9)15(11,12)13;/h2-3H,1H3;1H. The van der Waals surface area contributed by atoms with Gasteiger partial charge in [-0.15, -0.1) is 0 Å². The molecule has 0 unspecified atom stereocenters. The maximum Gasteiger partial charge on any atom is 0.447 e. The first-order valence-electron chi connectivity index (χ1n) is 3.60. The van der Waals surface area contributed by atoms with Crippen LogP contribution in [0.3, 0.4) is 0 Å². The van der Waals surface area contributed by atoms with Crippen molar-refractivity contribution >= 4 is 27.4 Å². The average molecular weight is 285 g/mol. The second-order valence-electron chi connectivity index (χ2n) is 2.53. The van der Waals surface area contributed by atoms with Crippen LogP contribution in [0.15, 0.2) is 17.0 Å². The highest BCUT2D eigenvalue weighted by atomic mass is 35.5. The number of benzene rings is 1. The van der Waals surface area contributed by atoms with Gasteiger partial charge in [0, 0.05) is 11.1 Å². The highest BCUT2D eigenvalue weighted by Crippen LogP contribution is 2.37. The Balaban J connectivity index is 0.00000225. The summed E-state index contributed by atoms with van der Waals surface area (Å²) < 4.78 is 35.4. The van der Waals surface area contributed by atoms with Crippen molar-refractivity contribution in [2.75, 3.05) is 7.11 Å². The predicted molar refractivity (Wildman–Crippen MR) is 52.6 cm³/mol. The minimum absolute atomic E-state index is 0. The molecule has 0 spiro atoms. The van der Waals surface area contributed by atoms with E-state index in [1.165, 1.54) is 13.2 Å². The fourth-order valence-electron chi connectivity index (χ4n) is 1.00. The Morgan fingerprint density at radius 1 is 1.50 bits per heavy atom. The molecular weight excluding hydrogens is 279 g/mol. The summed E-state index contributed by atoms with van der Waals surface area (Å²) in [5, 5.41) is 8.65. The van der Waals surface area contributed by atoms with Gasteiger partial charge in [-0.3, -0.25) is 4.55 Å². The number of hydrogen-bond donors (Lipinski definition) is 1. The summed E-state index contributed by atoms with van der Waals surface area (Å²) in [5.74, 6) is -0.0578. The first-order valence-corrected chi connectivity index (χ1v) is 5.42. The van der Waals surface area contributed by atoms with E-state index in [1.807, 2.05) is 0 Å². The number of ether oxygens (including phenoxy) is 1. The minimum Gasteiger partial charge on any atom is -1.00 e. The minimum atomic E-state index is -4.52. The summed E-state index contributed by atoms with van der Waals surface area (Å²) in [6.45, 7) is 0. The zero-order chi connectivity index (χ0) is 11.6. The van der Waals surface area contributed by atoms with Gasteiger partial charge >= 0.3 is 15.8 Å². The molecule has 0 saturated carbocycles. The van der Waals surface area contributed by atoms with Crippen molar-refractivity contribution in [3.8, 4) is 5.75 Å². The van der Waals surface area contributed by atoms with Crippen LogP contribution in [0, 0.1) is 5.39 Å². The Labute approximate surface area is 103 Å². The Morgan fingerprint density at radius 3 is 2.44 bits per heavy atom. The number of methoxy groups -OCH3 is 1. The van der Waals surface area contributed by atoms with E-state index in [-0.39, 0.29) is 23.2 Å². The molecule has 1 rings (SSSR count). The molecule has 0 radical (unpaired) electrons. The van der Waals surface area contributed by atoms with Gasteiger partial charge in [-0.2, -0.15) is 8.42 Å². The van der Waals surface area contributed by atoms with Crippen LogP contribution in [0.4, 0.5) is 5.69 Å². The molecule has 16 heavy (non-hydrogen) atoms. The largest absolute Gasteiger partial charge is 1.00 e. The second kappa shape index (κ2) is 5.32. The zero-order valence-electron chi connectivity index (χ0n) is 7.89. The fourth-order valence-corrected chi connectivity index (χ4v) is 1.94. The van der Waals surface area contributed by atoms with Crippen molar-refractivity contribution < 1.29 is 30.1 Å². The van der Waals surface area contributed by atoms with Crippen LogP contribution in [0.25, 0.3) is 4.98 Å². The molecule has 0 aliphatic carbocycles. The van der Waals surface area contributed by atoms with Gasteiger partial charge in [-0.05, 0) is 6.07 Å². The molecule has 1 aromatic rings. The molecular formula is C7H6Cl2N2O4S. The number of nitrogens with zero attached hydrogens (tertiary/aromatic N) is 2. The van der Waals surface area contributed by atoms with E-state index in [0.717, 1.165) is 6.07 Å². The first kappa shape index (κ1) is 14.9. The summed E-state index contributed by atoms with van der Waals surface area (Å²) in [6, 6.07) is 2.21. The van der Waals surface area contributed by atoms with Crippen LogP contribution >= 0.6 is 11.6 Å². The van der Waals surface area contributed by atoms with Gasteiger partial charge in [0.05, 0.1) is 7.11 Å². The molecule has 0 bridgehead atoms. The lowest BCUT2D eigenvalue weighted by molar-refractivity contribution is -0.00000764. The van der Waals surface area contributed by atoms with Crippen molar-refractivity contribution in [1.29, 1.82) is 5.39 Å². The van der Waals surface area contributed by atoms with Crippen molar-refractivity contribution in [3.05, 3.63) is 22.1 Å². The van der Waals surface area contributed by atoms with Crippen LogP contribution in [0.1, 0.15) is 0 Å². The maximum atomic E-state index is 10.9. The lowest BCUT2D eigenvalue weighted by Crippen LogP contribution is -3.00. The molecule has 88 valence electrons. The van der Waals surface area contributed by atoms with E-state index < -0.39 is 20.7 Å². The average Bonchev–Trinajstić information content (AvgIpc) is 2.15. The van der Waals surface area contributed by atoms with E-state index in [4.69, 9.17) is 26.3 Å². The fraction of sp³-hybridized carbons (Fsp3) is 0.143. The van der Waals surface area contributed by atoms with Gasteiger partial charge in [0.2, 0.25) is 11.1 Å². The van der Waals surface area contributed by atoms with Gasteiger partial charge in [0.1, 0.15) is 0 Å². The van der Waals surface area contributed by atoms with Crippen LogP contribution < -0.4 is 17.1 Å². The number of hydrogen-bond acceptors (Lipinski definition) is 4. The normalized spacial score (nSPS) is 10.1. The van der Waals surface area contributed by atoms with E-state index in [9.17, 15) is 8.42 Å². The van der Waals surface area contributed by atoms with Gasteiger partial charge in [0.15, 0.2) is 9.87 Å². The summed E-state index contributed by atoms with van der Waals surface area (Å²) in [7, 11) is -3.27. The molecule has 9 heteroatoms. The molecule has 0 aliphatic rings. The van der Waals surface area contributed by atoms with E-state index in [0.29, 0.717) is 0 Å². The van der Waals surface area contributed by atoms with E-state index >= 15 is 0 Å². The Morgan fingerprint density at radius 2 is 2.06 bits per heavy atom. The highest BCUT2D eigenvalue weighted by Gasteiger charge is 2.30. The SMILES string of the molecule is COc1cc(Cl)cc(S(=O)(=O)O)c1[N+]#N.[Cl-]. The molecule has 0 fully saturated rings. The van der Waals surface area contributed by atoms with Crippen LogP contribution in [0.2, 0.25) is 5.02 Å². The van der Waals surface area contributed by atoms with Crippen molar-refractivity contribution in [2.24, 2.45) is 0 Å². The Hall–Kier alpha value is -1.07. The first-order chi connectivity index (χ1) is 6.90. The Bertz CT molecular complexity index is 538. The summed E-state index contributed by atoms with van der Waals surface area (Å²) in [5.41, 5.74) is -0.399. The maximum absolute atomic E-state index is 10.9. The number of halogens is 2. The smallest absolute Gasteiger partial charge is 0.447 e. The van der Waals surface area contributed by atoms with Gasteiger partial charge in [-0.1, -0.05) is 11.6 Å². The summed E-state index contributed by atoms with van der Waals surface area (Å²) >= 11 is 5.58. The lowest BCUT2D eigenvalue weighted by Gasteiger charge is -2.00. The molecule has 0 aromatic heterocycles. The summed E-state index contributed by atoms with van der Waals surface area (Å²) in [6.07, 6.45) is 0. The number of rotatable bonds is 2. The monoisotopic (exact) mass is 284 g/mol. The molecule has 1 aromatic carbocycles. The number of diazo groups is 1. The zero-order valence-corrected chi connectivity index (χ0v) is 10.2. The molecule has 6 nitrogen and oxygen atoms in total. The van der Waals surface area contributed by atoms with Gasteiger partial charge < -0.3 is 17.1 Å². The third-order valence-electron chi connectivity index (χ3n) is 1.60. The van der Waals surface area contributed by atoms with E-state index in [1.54, 1.807) is 0 Å². The Kier molecular flexibility index (Phi) is 4.96. The molecule has 0 amide bonds. The van der Waals surface area contributed by atoms with Gasteiger partial charge in [-0.25, -0.2) is 0 Å². The summed E-state index contributed by atoms with van der Waals surface area (Å²) in [4.78, 5) is 2.11. The van der Waals surface area contributed by atoms with Crippen LogP contribution in [-0.2, 0) is 10.1 Å². The molecule has 0 atom stereocenters. The third-order valence-corrected chi connectivity index (χ3v) is 2.69. The van der Waals surface area contributed by atoms with Gasteiger partial charge in [0.25, 0.3) is 0 Å². The predicted octanol–water partition coefficient (Wildman–Crippen LogP) is -0.916. The van der Waals surface area contributed by atoms with E-state index in [2.05, 4.69) is 4.98 Å². The van der Waals surface area contributed by atoms with Crippen molar-refractivity contribution in [2.45, 2.75) is 4.90 Å². The lowest BCUT2D eigenvalue weighted by atomic mass is 10.3. The van der Waals surface area contributed by atoms with Crippen molar-refractivity contribution in [3.63, 3.8) is 0 Å². The van der Waals surface area contributed by atoms with Crippen molar-refractivity contribution in [1.82, 2.24) is 0 Å². The molecule has 1 N–H and O–H groups in total. The molecule has 0 aliphatic heterocycles. The van der Waals surface area contributed by atoms with Crippen LogP contribution in [-0.4, -0.2) is 20.1 Å². The third kappa shape index (κ3) is 2.96. The topological polar surface area (TPSA) is 91.8 Å². The quantitative estimate of drug-likeness (QED) is 0.560. The van der Waals surface area contributed by atoms with Crippen LogP contribution in [0.5, 0.6) is 5.75 Å². The highest BCUT2D eigenvalue weighted by molar-refractivity contribution is 7.86. The molecule has 0 saturated heterocycles. The molecule has 0 heterocycles.